The molecular weight excluding hydrogens is 334 g/mol. The molecule has 0 aromatic heterocycles. The SMILES string of the molecule is CC(C)Oc1ccc(S(=O)(=O)NCC2(C(=O)O)CCOCC2)cc1. The molecule has 0 amide bonds. The van der Waals surface area contributed by atoms with E-state index in [2.05, 4.69) is 4.72 Å². The van der Waals surface area contributed by atoms with Crippen LogP contribution in [-0.4, -0.2) is 45.4 Å². The van der Waals surface area contributed by atoms with Gasteiger partial charge in [-0.15, -0.1) is 0 Å². The third kappa shape index (κ3) is 4.46. The number of carboxylic acids is 1. The van der Waals surface area contributed by atoms with Crippen molar-refractivity contribution < 1.29 is 27.8 Å². The highest BCUT2D eigenvalue weighted by Crippen LogP contribution is 2.30. The van der Waals surface area contributed by atoms with Crippen molar-refractivity contribution in [1.29, 1.82) is 0 Å². The highest BCUT2D eigenvalue weighted by atomic mass is 32.2. The average molecular weight is 357 g/mol. The number of nitrogens with one attached hydrogen (secondary N) is 1. The summed E-state index contributed by atoms with van der Waals surface area (Å²) in [6, 6.07) is 6.04. The third-order valence-electron chi connectivity index (χ3n) is 4.01. The normalized spacial score (nSPS) is 17.6. The summed E-state index contributed by atoms with van der Waals surface area (Å²) in [6.45, 7) is 4.24. The molecule has 1 aliphatic rings. The molecule has 0 atom stereocenters. The summed E-state index contributed by atoms with van der Waals surface area (Å²) in [5, 5.41) is 9.47. The summed E-state index contributed by atoms with van der Waals surface area (Å²) in [7, 11) is -3.79. The molecule has 1 aliphatic heterocycles. The first-order chi connectivity index (χ1) is 11.3. The molecule has 134 valence electrons. The van der Waals surface area contributed by atoms with E-state index in [0.717, 1.165) is 0 Å². The first kappa shape index (κ1) is 18.7. The Morgan fingerprint density at radius 1 is 1.29 bits per heavy atom. The predicted molar refractivity (Wildman–Crippen MR) is 87.5 cm³/mol. The molecule has 0 bridgehead atoms. The molecule has 2 N–H and O–H groups in total. The van der Waals surface area contributed by atoms with Crippen molar-refractivity contribution in [2.24, 2.45) is 5.41 Å². The van der Waals surface area contributed by atoms with Gasteiger partial charge in [0.1, 0.15) is 5.75 Å². The number of aliphatic carboxylic acids is 1. The van der Waals surface area contributed by atoms with Gasteiger partial charge in [0, 0.05) is 19.8 Å². The van der Waals surface area contributed by atoms with Gasteiger partial charge in [0.15, 0.2) is 0 Å². The van der Waals surface area contributed by atoms with Crippen LogP contribution in [-0.2, 0) is 19.6 Å². The van der Waals surface area contributed by atoms with Crippen molar-refractivity contribution in [3.8, 4) is 5.75 Å². The molecule has 1 heterocycles. The molecule has 2 rings (SSSR count). The minimum Gasteiger partial charge on any atom is -0.491 e. The second kappa shape index (κ2) is 7.50. The Balaban J connectivity index is 2.08. The van der Waals surface area contributed by atoms with Crippen LogP contribution in [0.4, 0.5) is 0 Å². The number of hydrogen-bond acceptors (Lipinski definition) is 5. The monoisotopic (exact) mass is 357 g/mol. The number of sulfonamides is 1. The molecule has 7 nitrogen and oxygen atoms in total. The van der Waals surface area contributed by atoms with Crippen LogP contribution in [0.25, 0.3) is 0 Å². The molecule has 8 heteroatoms. The topological polar surface area (TPSA) is 102 Å². The number of benzene rings is 1. The van der Waals surface area contributed by atoms with Crippen molar-refractivity contribution in [1.82, 2.24) is 4.72 Å². The molecule has 0 radical (unpaired) electrons. The van der Waals surface area contributed by atoms with Crippen molar-refractivity contribution >= 4 is 16.0 Å². The molecule has 0 spiro atoms. The molecule has 1 fully saturated rings. The number of carbonyl (C=O) groups is 1. The molecule has 1 aromatic carbocycles. The lowest BCUT2D eigenvalue weighted by molar-refractivity contribution is -0.154. The minimum absolute atomic E-state index is 0.00507. The molecule has 24 heavy (non-hydrogen) atoms. The number of hydrogen-bond donors (Lipinski definition) is 2. The van der Waals surface area contributed by atoms with Crippen LogP contribution >= 0.6 is 0 Å². The lowest BCUT2D eigenvalue weighted by Crippen LogP contribution is -2.46. The summed E-state index contributed by atoms with van der Waals surface area (Å²) >= 11 is 0. The van der Waals surface area contributed by atoms with E-state index in [4.69, 9.17) is 9.47 Å². The first-order valence-corrected chi connectivity index (χ1v) is 9.31. The van der Waals surface area contributed by atoms with E-state index >= 15 is 0 Å². The van der Waals surface area contributed by atoms with Gasteiger partial charge < -0.3 is 14.6 Å². The summed E-state index contributed by atoms with van der Waals surface area (Å²) in [6.07, 6.45) is 0.562. The van der Waals surface area contributed by atoms with Crippen LogP contribution in [0, 0.1) is 5.41 Å². The zero-order valence-electron chi connectivity index (χ0n) is 13.8. The Hall–Kier alpha value is -1.64. The van der Waals surface area contributed by atoms with Gasteiger partial charge in [0.25, 0.3) is 0 Å². The second-order valence-electron chi connectivity index (χ2n) is 6.16. The third-order valence-corrected chi connectivity index (χ3v) is 5.43. The molecule has 1 aromatic rings. The van der Waals surface area contributed by atoms with Gasteiger partial charge in [-0.1, -0.05) is 0 Å². The lowest BCUT2D eigenvalue weighted by Gasteiger charge is -2.33. The fourth-order valence-electron chi connectivity index (χ4n) is 2.51. The summed E-state index contributed by atoms with van der Waals surface area (Å²) < 4.78 is 37.9. The van der Waals surface area contributed by atoms with E-state index in [0.29, 0.717) is 19.0 Å². The van der Waals surface area contributed by atoms with E-state index in [9.17, 15) is 18.3 Å². The molecular formula is C16H23NO6S. The van der Waals surface area contributed by atoms with Gasteiger partial charge in [-0.25, -0.2) is 13.1 Å². The van der Waals surface area contributed by atoms with Crippen LogP contribution in [0.3, 0.4) is 0 Å². The average Bonchev–Trinajstić information content (AvgIpc) is 2.54. The molecule has 0 saturated carbocycles. The second-order valence-corrected chi connectivity index (χ2v) is 7.93. The van der Waals surface area contributed by atoms with E-state index < -0.39 is 21.4 Å². The van der Waals surface area contributed by atoms with Gasteiger partial charge >= 0.3 is 5.97 Å². The standard InChI is InChI=1S/C16H23NO6S/c1-12(2)23-13-3-5-14(6-4-13)24(20,21)17-11-16(15(18)19)7-9-22-10-8-16/h3-6,12,17H,7-11H2,1-2H3,(H,18,19). The maximum Gasteiger partial charge on any atom is 0.311 e. The van der Waals surface area contributed by atoms with E-state index in [1.165, 1.54) is 12.1 Å². The zero-order chi connectivity index (χ0) is 17.8. The summed E-state index contributed by atoms with van der Waals surface area (Å²) in [4.78, 5) is 11.6. The largest absolute Gasteiger partial charge is 0.491 e. The fraction of sp³-hybridized carbons (Fsp3) is 0.562. The van der Waals surface area contributed by atoms with E-state index in [-0.39, 0.29) is 30.4 Å². The predicted octanol–water partition coefficient (Wildman–Crippen LogP) is 1.63. The van der Waals surface area contributed by atoms with Crippen LogP contribution in [0.1, 0.15) is 26.7 Å². The lowest BCUT2D eigenvalue weighted by atomic mass is 9.80. The Morgan fingerprint density at radius 2 is 1.88 bits per heavy atom. The van der Waals surface area contributed by atoms with Crippen LogP contribution < -0.4 is 9.46 Å². The van der Waals surface area contributed by atoms with Gasteiger partial charge in [0.05, 0.1) is 16.4 Å². The quantitative estimate of drug-likeness (QED) is 0.769. The van der Waals surface area contributed by atoms with Crippen molar-refractivity contribution in [2.45, 2.75) is 37.7 Å². The Kier molecular flexibility index (Phi) is 5.84. The number of rotatable bonds is 7. The van der Waals surface area contributed by atoms with Gasteiger partial charge in [-0.05, 0) is 51.0 Å². The van der Waals surface area contributed by atoms with Crippen LogP contribution in [0.5, 0.6) is 5.75 Å². The smallest absolute Gasteiger partial charge is 0.311 e. The maximum absolute atomic E-state index is 12.4. The number of carboxylic acid groups (broad SMARTS) is 1. The maximum atomic E-state index is 12.4. The minimum atomic E-state index is -3.79. The Bertz CT molecular complexity index is 662. The zero-order valence-corrected chi connectivity index (χ0v) is 14.6. The fourth-order valence-corrected chi connectivity index (χ4v) is 3.64. The van der Waals surface area contributed by atoms with Crippen molar-refractivity contribution in [3.05, 3.63) is 24.3 Å². The number of ether oxygens (including phenoxy) is 2. The van der Waals surface area contributed by atoms with Crippen LogP contribution in [0.2, 0.25) is 0 Å². The highest BCUT2D eigenvalue weighted by Gasteiger charge is 2.41. The Morgan fingerprint density at radius 3 is 2.38 bits per heavy atom. The molecule has 0 unspecified atom stereocenters. The van der Waals surface area contributed by atoms with Gasteiger partial charge in [-0.2, -0.15) is 0 Å². The van der Waals surface area contributed by atoms with Crippen molar-refractivity contribution in [3.63, 3.8) is 0 Å². The first-order valence-electron chi connectivity index (χ1n) is 7.83. The van der Waals surface area contributed by atoms with E-state index in [1.54, 1.807) is 12.1 Å². The summed E-state index contributed by atoms with van der Waals surface area (Å²) in [5.41, 5.74) is -1.12. The highest BCUT2D eigenvalue weighted by molar-refractivity contribution is 7.89. The molecule has 0 aliphatic carbocycles. The Labute approximate surface area is 142 Å². The van der Waals surface area contributed by atoms with Gasteiger partial charge in [-0.3, -0.25) is 4.79 Å². The van der Waals surface area contributed by atoms with Crippen molar-refractivity contribution in [2.75, 3.05) is 19.8 Å². The molecule has 1 saturated heterocycles. The van der Waals surface area contributed by atoms with Crippen LogP contribution in [0.15, 0.2) is 29.2 Å². The van der Waals surface area contributed by atoms with Gasteiger partial charge in [0.2, 0.25) is 10.0 Å². The van der Waals surface area contributed by atoms with E-state index in [1.807, 2.05) is 13.8 Å². The summed E-state index contributed by atoms with van der Waals surface area (Å²) in [5.74, 6) is -0.426.